The highest BCUT2D eigenvalue weighted by Crippen LogP contribution is 2.26. The van der Waals surface area contributed by atoms with Crippen LogP contribution in [0, 0.1) is 12.7 Å². The van der Waals surface area contributed by atoms with Crippen LogP contribution < -0.4 is 0 Å². The molecule has 1 aromatic carbocycles. The quantitative estimate of drug-likeness (QED) is 0.731. The zero-order valence-corrected chi connectivity index (χ0v) is 12.5. The van der Waals surface area contributed by atoms with Crippen LogP contribution in [-0.4, -0.2) is 15.4 Å². The third-order valence-corrected chi connectivity index (χ3v) is 3.70. The van der Waals surface area contributed by atoms with Crippen molar-refractivity contribution in [2.75, 3.05) is 5.88 Å². The molecule has 0 bridgehead atoms. The predicted octanol–water partition coefficient (Wildman–Crippen LogP) is 4.63. The molecule has 0 aliphatic heterocycles. The van der Waals surface area contributed by atoms with Crippen LogP contribution in [0.4, 0.5) is 4.39 Å². The van der Waals surface area contributed by atoms with Crippen molar-refractivity contribution >= 4 is 22.6 Å². The fourth-order valence-corrected chi connectivity index (χ4v) is 2.74. The van der Waals surface area contributed by atoms with Crippen molar-refractivity contribution in [1.82, 2.24) is 9.55 Å². The molecule has 1 atom stereocenters. The van der Waals surface area contributed by atoms with Crippen LogP contribution in [0.2, 0.25) is 0 Å². The van der Waals surface area contributed by atoms with Crippen molar-refractivity contribution < 1.29 is 4.39 Å². The number of nitrogens with zero attached hydrogens (tertiary/aromatic N) is 2. The molecule has 0 amide bonds. The standard InChI is InChI=1S/C15H20ClFN2/c1-4-5-11(3)19-14-8-10(2)12(17)9-13(14)18-15(19)6-7-16/h8-9,11H,4-7H2,1-3H3. The van der Waals surface area contributed by atoms with Gasteiger partial charge < -0.3 is 4.57 Å². The zero-order chi connectivity index (χ0) is 14.0. The number of aromatic nitrogens is 2. The molecule has 0 fully saturated rings. The van der Waals surface area contributed by atoms with E-state index in [9.17, 15) is 4.39 Å². The van der Waals surface area contributed by atoms with Crippen LogP contribution in [0.3, 0.4) is 0 Å². The smallest absolute Gasteiger partial charge is 0.128 e. The molecule has 0 spiro atoms. The second-order valence-electron chi connectivity index (χ2n) is 5.06. The number of imidazole rings is 1. The minimum atomic E-state index is -0.197. The van der Waals surface area contributed by atoms with Crippen molar-refractivity contribution in [2.45, 2.75) is 46.1 Å². The SMILES string of the molecule is CCCC(C)n1c(CCCl)nc2cc(F)c(C)cc21. The Labute approximate surface area is 118 Å². The average Bonchev–Trinajstić information content (AvgIpc) is 2.68. The largest absolute Gasteiger partial charge is 0.325 e. The van der Waals surface area contributed by atoms with Gasteiger partial charge >= 0.3 is 0 Å². The topological polar surface area (TPSA) is 17.8 Å². The first-order valence-corrected chi connectivity index (χ1v) is 7.34. The Balaban J connectivity index is 2.61. The third-order valence-electron chi connectivity index (χ3n) is 3.51. The zero-order valence-electron chi connectivity index (χ0n) is 11.7. The highest BCUT2D eigenvalue weighted by Gasteiger charge is 2.16. The molecule has 0 saturated carbocycles. The third kappa shape index (κ3) is 2.76. The average molecular weight is 283 g/mol. The summed E-state index contributed by atoms with van der Waals surface area (Å²) >= 11 is 5.85. The van der Waals surface area contributed by atoms with Crippen molar-refractivity contribution in [3.8, 4) is 0 Å². The van der Waals surface area contributed by atoms with E-state index in [0.29, 0.717) is 23.9 Å². The normalized spacial score (nSPS) is 13.1. The fourth-order valence-electron chi connectivity index (χ4n) is 2.57. The second kappa shape index (κ2) is 5.91. The Bertz CT molecular complexity index is 577. The molecule has 0 aliphatic carbocycles. The summed E-state index contributed by atoms with van der Waals surface area (Å²) in [5, 5.41) is 0. The van der Waals surface area contributed by atoms with Crippen LogP contribution in [-0.2, 0) is 6.42 Å². The molecule has 1 heterocycles. The highest BCUT2D eigenvalue weighted by atomic mass is 35.5. The molecule has 4 heteroatoms. The summed E-state index contributed by atoms with van der Waals surface area (Å²) in [6.45, 7) is 6.14. The van der Waals surface area contributed by atoms with Gasteiger partial charge in [-0.1, -0.05) is 13.3 Å². The maximum absolute atomic E-state index is 13.6. The van der Waals surface area contributed by atoms with Gasteiger partial charge in [0.25, 0.3) is 0 Å². The molecule has 2 aromatic rings. The van der Waals surface area contributed by atoms with Gasteiger partial charge in [0.15, 0.2) is 0 Å². The van der Waals surface area contributed by atoms with Gasteiger partial charge in [0, 0.05) is 24.4 Å². The van der Waals surface area contributed by atoms with Crippen LogP contribution in [0.1, 0.15) is 44.1 Å². The molecule has 0 radical (unpaired) electrons. The van der Waals surface area contributed by atoms with E-state index in [1.165, 1.54) is 6.07 Å². The maximum atomic E-state index is 13.6. The lowest BCUT2D eigenvalue weighted by Gasteiger charge is -2.17. The Kier molecular flexibility index (Phi) is 4.46. The lowest BCUT2D eigenvalue weighted by Crippen LogP contribution is -2.10. The molecule has 2 nitrogen and oxygen atoms in total. The molecule has 104 valence electrons. The highest BCUT2D eigenvalue weighted by molar-refractivity contribution is 6.17. The molecule has 0 N–H and O–H groups in total. The van der Waals surface area contributed by atoms with E-state index < -0.39 is 0 Å². The van der Waals surface area contributed by atoms with Crippen molar-refractivity contribution in [3.63, 3.8) is 0 Å². The summed E-state index contributed by atoms with van der Waals surface area (Å²) in [6.07, 6.45) is 2.91. The lowest BCUT2D eigenvalue weighted by molar-refractivity contribution is 0.496. The van der Waals surface area contributed by atoms with Gasteiger partial charge in [-0.25, -0.2) is 9.37 Å². The number of benzene rings is 1. The number of fused-ring (bicyclic) bond motifs is 1. The molecular formula is C15H20ClFN2. The van der Waals surface area contributed by atoms with E-state index in [-0.39, 0.29) is 5.82 Å². The van der Waals surface area contributed by atoms with Gasteiger partial charge in [-0.05, 0) is 31.9 Å². The summed E-state index contributed by atoms with van der Waals surface area (Å²) < 4.78 is 15.9. The number of halogens is 2. The van der Waals surface area contributed by atoms with Crippen molar-refractivity contribution in [2.24, 2.45) is 0 Å². The molecule has 2 rings (SSSR count). The first kappa shape index (κ1) is 14.3. The van der Waals surface area contributed by atoms with Crippen LogP contribution in [0.15, 0.2) is 12.1 Å². The van der Waals surface area contributed by atoms with E-state index in [0.717, 1.165) is 29.7 Å². The predicted molar refractivity (Wildman–Crippen MR) is 78.5 cm³/mol. The molecular weight excluding hydrogens is 263 g/mol. The van der Waals surface area contributed by atoms with E-state index in [1.807, 2.05) is 6.07 Å². The number of alkyl halides is 1. The lowest BCUT2D eigenvalue weighted by atomic mass is 10.1. The molecule has 1 aromatic heterocycles. The monoisotopic (exact) mass is 282 g/mol. The van der Waals surface area contributed by atoms with Crippen molar-refractivity contribution in [1.29, 1.82) is 0 Å². The summed E-state index contributed by atoms with van der Waals surface area (Å²) in [4.78, 5) is 4.55. The summed E-state index contributed by atoms with van der Waals surface area (Å²) in [6, 6.07) is 3.78. The van der Waals surface area contributed by atoms with Crippen LogP contribution in [0.5, 0.6) is 0 Å². The fraction of sp³-hybridized carbons (Fsp3) is 0.533. The summed E-state index contributed by atoms with van der Waals surface area (Å²) in [5.41, 5.74) is 2.40. The first-order chi connectivity index (χ1) is 9.08. The number of hydrogen-bond acceptors (Lipinski definition) is 1. The van der Waals surface area contributed by atoms with Gasteiger partial charge in [-0.2, -0.15) is 0 Å². The minimum Gasteiger partial charge on any atom is -0.325 e. The Morgan fingerprint density at radius 2 is 2.16 bits per heavy atom. The number of hydrogen-bond donors (Lipinski definition) is 0. The van der Waals surface area contributed by atoms with Crippen LogP contribution in [0.25, 0.3) is 11.0 Å². The van der Waals surface area contributed by atoms with Gasteiger partial charge in [0.2, 0.25) is 0 Å². The number of aryl methyl sites for hydroxylation is 2. The Morgan fingerprint density at radius 1 is 1.42 bits per heavy atom. The Hall–Kier alpha value is -1.09. The summed E-state index contributed by atoms with van der Waals surface area (Å²) in [7, 11) is 0. The van der Waals surface area contributed by atoms with Gasteiger partial charge in [0.1, 0.15) is 11.6 Å². The summed E-state index contributed by atoms with van der Waals surface area (Å²) in [5.74, 6) is 1.29. The first-order valence-electron chi connectivity index (χ1n) is 6.81. The molecule has 1 unspecified atom stereocenters. The number of rotatable bonds is 5. The maximum Gasteiger partial charge on any atom is 0.128 e. The van der Waals surface area contributed by atoms with Gasteiger partial charge in [0.05, 0.1) is 11.0 Å². The van der Waals surface area contributed by atoms with Gasteiger partial charge in [-0.15, -0.1) is 11.6 Å². The van der Waals surface area contributed by atoms with E-state index in [1.54, 1.807) is 6.92 Å². The Morgan fingerprint density at radius 3 is 2.79 bits per heavy atom. The molecule has 0 aliphatic rings. The molecule has 19 heavy (non-hydrogen) atoms. The second-order valence-corrected chi connectivity index (χ2v) is 5.44. The van der Waals surface area contributed by atoms with Crippen molar-refractivity contribution in [3.05, 3.63) is 29.3 Å². The van der Waals surface area contributed by atoms with Gasteiger partial charge in [-0.3, -0.25) is 0 Å². The van der Waals surface area contributed by atoms with E-state index in [2.05, 4.69) is 23.4 Å². The van der Waals surface area contributed by atoms with E-state index in [4.69, 9.17) is 11.6 Å². The van der Waals surface area contributed by atoms with Crippen LogP contribution >= 0.6 is 11.6 Å². The molecule has 0 saturated heterocycles. The van der Waals surface area contributed by atoms with E-state index >= 15 is 0 Å². The minimum absolute atomic E-state index is 0.197.